The van der Waals surface area contributed by atoms with Crippen LogP contribution in [0.4, 0.5) is 0 Å². The molecule has 0 aliphatic rings. The van der Waals surface area contributed by atoms with Gasteiger partial charge in [-0.1, -0.05) is 6.58 Å². The molecule has 1 aromatic heterocycles. The molecule has 1 heterocycles. The van der Waals surface area contributed by atoms with Crippen molar-refractivity contribution in [2.75, 3.05) is 0 Å². The summed E-state index contributed by atoms with van der Waals surface area (Å²) in [6.07, 6.45) is 2.84. The Kier molecular flexibility index (Phi) is 2.64. The van der Waals surface area contributed by atoms with Crippen LogP contribution >= 0.6 is 15.9 Å². The Hall–Kier alpha value is -0.680. The second kappa shape index (κ2) is 3.37. The van der Waals surface area contributed by atoms with Crippen molar-refractivity contribution in [3.05, 3.63) is 34.9 Å². The number of rotatable bonds is 2. The first kappa shape index (κ1) is 9.41. The zero-order valence-electron chi connectivity index (χ0n) is 6.07. The smallest absolute Gasteiger partial charge is 0.200 e. The summed E-state index contributed by atoms with van der Waals surface area (Å²) < 4.78 is 22.9. The summed E-state index contributed by atoms with van der Waals surface area (Å²) >= 11 is 3.08. The molecule has 0 bridgehead atoms. The molecule has 0 spiro atoms. The molecule has 0 fully saturated rings. The van der Waals surface area contributed by atoms with Crippen LogP contribution in [0, 0.1) is 0 Å². The molecule has 1 rings (SSSR count). The van der Waals surface area contributed by atoms with E-state index in [-0.39, 0.29) is 4.90 Å². The number of pyridine rings is 1. The standard InChI is InChI=1S/C7H6BrNO2S/c1-2-12(10,11)7-3-4-9-5-6(7)8/h2-5H,1H2. The largest absolute Gasteiger partial charge is 0.263 e. The predicted molar refractivity (Wildman–Crippen MR) is 49.3 cm³/mol. The van der Waals surface area contributed by atoms with Gasteiger partial charge in [0.25, 0.3) is 0 Å². The topological polar surface area (TPSA) is 47.0 Å². The highest BCUT2D eigenvalue weighted by Gasteiger charge is 2.12. The predicted octanol–water partition coefficient (Wildman–Crippen LogP) is 1.76. The fourth-order valence-corrected chi connectivity index (χ4v) is 2.36. The van der Waals surface area contributed by atoms with Gasteiger partial charge in [0, 0.05) is 17.8 Å². The van der Waals surface area contributed by atoms with Gasteiger partial charge < -0.3 is 0 Å². The van der Waals surface area contributed by atoms with Crippen molar-refractivity contribution in [3.63, 3.8) is 0 Å². The van der Waals surface area contributed by atoms with Gasteiger partial charge in [-0.05, 0) is 22.0 Å². The van der Waals surface area contributed by atoms with Crippen LogP contribution in [-0.2, 0) is 9.84 Å². The highest BCUT2D eigenvalue weighted by molar-refractivity contribution is 9.10. The molecule has 0 N–H and O–H groups in total. The van der Waals surface area contributed by atoms with Crippen LogP contribution in [0.2, 0.25) is 0 Å². The van der Waals surface area contributed by atoms with Crippen molar-refractivity contribution in [2.45, 2.75) is 4.90 Å². The molecule has 0 atom stereocenters. The van der Waals surface area contributed by atoms with Crippen molar-refractivity contribution in [1.82, 2.24) is 4.98 Å². The van der Waals surface area contributed by atoms with E-state index in [0.717, 1.165) is 5.41 Å². The molecule has 0 saturated heterocycles. The summed E-state index contributed by atoms with van der Waals surface area (Å²) in [4.78, 5) is 3.93. The first-order valence-corrected chi connectivity index (χ1v) is 5.39. The summed E-state index contributed by atoms with van der Waals surface area (Å²) in [7, 11) is -3.35. The summed E-state index contributed by atoms with van der Waals surface area (Å²) in [6, 6.07) is 1.42. The maximum Gasteiger partial charge on any atom is 0.200 e. The number of hydrogen-bond donors (Lipinski definition) is 0. The van der Waals surface area contributed by atoms with Crippen LogP contribution < -0.4 is 0 Å². The molecule has 0 aliphatic carbocycles. The Morgan fingerprint density at radius 2 is 2.25 bits per heavy atom. The van der Waals surface area contributed by atoms with E-state index in [2.05, 4.69) is 27.5 Å². The summed E-state index contributed by atoms with van der Waals surface area (Å²) in [5, 5.41) is 0.910. The van der Waals surface area contributed by atoms with Crippen LogP contribution in [0.1, 0.15) is 0 Å². The molecule has 0 aromatic carbocycles. The molecule has 0 unspecified atom stereocenters. The van der Waals surface area contributed by atoms with Crippen molar-refractivity contribution in [3.8, 4) is 0 Å². The molecule has 0 aliphatic heterocycles. The highest BCUT2D eigenvalue weighted by Crippen LogP contribution is 2.21. The quantitative estimate of drug-likeness (QED) is 0.801. The van der Waals surface area contributed by atoms with Gasteiger partial charge in [-0.2, -0.15) is 0 Å². The highest BCUT2D eigenvalue weighted by atomic mass is 79.9. The average molecular weight is 248 g/mol. The van der Waals surface area contributed by atoms with Crippen LogP contribution in [0.5, 0.6) is 0 Å². The maximum atomic E-state index is 11.2. The van der Waals surface area contributed by atoms with Gasteiger partial charge in [-0.15, -0.1) is 0 Å². The summed E-state index contributed by atoms with van der Waals surface area (Å²) in [6.45, 7) is 3.22. The SMILES string of the molecule is C=CS(=O)(=O)c1ccncc1Br. The molecule has 1 aromatic rings. The van der Waals surface area contributed by atoms with Crippen LogP contribution in [0.25, 0.3) is 0 Å². The van der Waals surface area contributed by atoms with Crippen LogP contribution in [0.15, 0.2) is 39.8 Å². The van der Waals surface area contributed by atoms with Crippen LogP contribution in [-0.4, -0.2) is 13.4 Å². The number of hydrogen-bond acceptors (Lipinski definition) is 3. The van der Waals surface area contributed by atoms with Gasteiger partial charge in [0.2, 0.25) is 0 Å². The van der Waals surface area contributed by atoms with Gasteiger partial charge >= 0.3 is 0 Å². The minimum atomic E-state index is -3.35. The number of halogens is 1. The molecule has 0 amide bonds. The number of aromatic nitrogens is 1. The maximum absolute atomic E-state index is 11.2. The van der Waals surface area contributed by atoms with E-state index in [1.807, 2.05) is 0 Å². The van der Waals surface area contributed by atoms with E-state index in [4.69, 9.17) is 0 Å². The van der Waals surface area contributed by atoms with Crippen LogP contribution in [0.3, 0.4) is 0 Å². The lowest BCUT2D eigenvalue weighted by Gasteiger charge is -1.99. The second-order valence-electron chi connectivity index (χ2n) is 2.02. The lowest BCUT2D eigenvalue weighted by molar-refractivity contribution is 0.604. The Morgan fingerprint density at radius 1 is 1.58 bits per heavy atom. The van der Waals surface area contributed by atoms with E-state index in [0.29, 0.717) is 4.47 Å². The normalized spacial score (nSPS) is 11.1. The van der Waals surface area contributed by atoms with E-state index >= 15 is 0 Å². The monoisotopic (exact) mass is 247 g/mol. The van der Waals surface area contributed by atoms with Gasteiger partial charge in [-0.3, -0.25) is 4.98 Å². The molecular weight excluding hydrogens is 242 g/mol. The van der Waals surface area contributed by atoms with Crippen molar-refractivity contribution in [2.24, 2.45) is 0 Å². The van der Waals surface area contributed by atoms with Gasteiger partial charge in [0.05, 0.1) is 9.37 Å². The van der Waals surface area contributed by atoms with Crippen molar-refractivity contribution in [1.29, 1.82) is 0 Å². The van der Waals surface area contributed by atoms with E-state index < -0.39 is 9.84 Å². The fraction of sp³-hybridized carbons (Fsp3) is 0. The Balaban J connectivity index is 3.39. The minimum absolute atomic E-state index is 0.188. The van der Waals surface area contributed by atoms with Crippen molar-refractivity contribution >= 4 is 25.8 Å². The van der Waals surface area contributed by atoms with Gasteiger partial charge in [0.1, 0.15) is 0 Å². The minimum Gasteiger partial charge on any atom is -0.263 e. The zero-order valence-corrected chi connectivity index (χ0v) is 8.47. The van der Waals surface area contributed by atoms with E-state index in [1.54, 1.807) is 0 Å². The molecule has 5 heteroatoms. The third-order valence-corrected chi connectivity index (χ3v) is 3.56. The molecule has 0 radical (unpaired) electrons. The third-order valence-electron chi connectivity index (χ3n) is 1.26. The molecule has 0 saturated carbocycles. The fourth-order valence-electron chi connectivity index (χ4n) is 0.683. The Bertz CT molecular complexity index is 400. The average Bonchev–Trinajstić information content (AvgIpc) is 2.05. The van der Waals surface area contributed by atoms with Crippen molar-refractivity contribution < 1.29 is 8.42 Å². The molecule has 12 heavy (non-hydrogen) atoms. The van der Waals surface area contributed by atoms with E-state index in [9.17, 15) is 8.42 Å². The Labute approximate surface area is 79.2 Å². The lowest BCUT2D eigenvalue weighted by Crippen LogP contribution is -1.96. The number of sulfone groups is 1. The third kappa shape index (κ3) is 1.73. The molecule has 64 valence electrons. The van der Waals surface area contributed by atoms with E-state index in [1.165, 1.54) is 18.5 Å². The lowest BCUT2D eigenvalue weighted by atomic mass is 10.5. The first-order valence-electron chi connectivity index (χ1n) is 3.05. The zero-order chi connectivity index (χ0) is 9.19. The summed E-state index contributed by atoms with van der Waals surface area (Å²) in [5.41, 5.74) is 0. The Morgan fingerprint density at radius 3 is 2.75 bits per heavy atom. The second-order valence-corrected chi connectivity index (χ2v) is 4.74. The van der Waals surface area contributed by atoms with Gasteiger partial charge in [-0.25, -0.2) is 8.42 Å². The summed E-state index contributed by atoms with van der Waals surface area (Å²) in [5.74, 6) is 0. The van der Waals surface area contributed by atoms with Gasteiger partial charge in [0.15, 0.2) is 9.84 Å². The number of nitrogens with zero attached hydrogens (tertiary/aromatic N) is 1. The molecular formula is C7H6BrNO2S. The first-order chi connectivity index (χ1) is 5.58. The molecule has 3 nitrogen and oxygen atoms in total.